The molecule has 19 heavy (non-hydrogen) atoms. The number of nitro groups is 1. The third-order valence-electron chi connectivity index (χ3n) is 2.58. The maximum absolute atomic E-state index is 10.8. The minimum atomic E-state index is -0.386. The predicted molar refractivity (Wildman–Crippen MR) is 78.3 cm³/mol. The molecule has 0 aliphatic heterocycles. The van der Waals surface area contributed by atoms with Crippen molar-refractivity contribution in [3.05, 3.63) is 54.9 Å². The number of nitro benzene ring substituents is 1. The topological polar surface area (TPSA) is 68.1 Å². The van der Waals surface area contributed by atoms with Crippen LogP contribution in [0.2, 0.25) is 0 Å². The number of nitrogens with one attached hydrogen (secondary N) is 1. The second kappa shape index (κ2) is 6.74. The van der Waals surface area contributed by atoms with Crippen LogP contribution in [0.4, 0.5) is 5.69 Å². The smallest absolute Gasteiger partial charge is 0.283 e. The Morgan fingerprint density at radius 3 is 3.00 bits per heavy atom. The lowest BCUT2D eigenvalue weighted by Gasteiger charge is -2.04. The number of halogens is 1. The summed E-state index contributed by atoms with van der Waals surface area (Å²) in [4.78, 5) is 14.6. The van der Waals surface area contributed by atoms with Gasteiger partial charge in [-0.1, -0.05) is 6.07 Å². The Balaban J connectivity index is 1.86. The summed E-state index contributed by atoms with van der Waals surface area (Å²) >= 11 is 4.75. The van der Waals surface area contributed by atoms with Crippen molar-refractivity contribution in [2.24, 2.45) is 0 Å². The molecule has 0 radical (unpaired) electrons. The fraction of sp³-hybridized carbons (Fsp3) is 0.250. The molecule has 0 amide bonds. The van der Waals surface area contributed by atoms with Gasteiger partial charge in [0.25, 0.3) is 5.69 Å². The first-order chi connectivity index (χ1) is 9.16. The van der Waals surface area contributed by atoms with Gasteiger partial charge in [-0.15, -0.1) is 11.3 Å². The summed E-state index contributed by atoms with van der Waals surface area (Å²) in [5.74, 6) is 0. The maximum Gasteiger partial charge on any atom is 0.283 e. The summed E-state index contributed by atoms with van der Waals surface area (Å²) in [6, 6.07) is 5.16. The van der Waals surface area contributed by atoms with Crippen LogP contribution >= 0.6 is 27.3 Å². The highest BCUT2D eigenvalue weighted by Crippen LogP contribution is 2.25. The standard InChI is InChI=1S/C12H12BrN3O2S/c13-11-2-1-9(5-12(11)16(17)18)6-14-4-3-10-7-19-8-15-10/h1-2,5,7-8,14H,3-4,6H2. The van der Waals surface area contributed by atoms with Gasteiger partial charge in [-0.05, 0) is 27.6 Å². The minimum absolute atomic E-state index is 0.0961. The molecule has 0 atom stereocenters. The number of hydrogen-bond acceptors (Lipinski definition) is 5. The second-order valence-corrected chi connectivity index (χ2v) is 5.52. The van der Waals surface area contributed by atoms with Gasteiger partial charge in [0.15, 0.2) is 0 Å². The Bertz CT molecular complexity index is 560. The van der Waals surface area contributed by atoms with Crippen LogP contribution in [0.1, 0.15) is 11.3 Å². The first kappa shape index (κ1) is 14.1. The van der Waals surface area contributed by atoms with E-state index in [9.17, 15) is 10.1 Å². The Morgan fingerprint density at radius 1 is 1.47 bits per heavy atom. The fourth-order valence-electron chi connectivity index (χ4n) is 1.62. The summed E-state index contributed by atoms with van der Waals surface area (Å²) < 4.78 is 0.503. The van der Waals surface area contributed by atoms with Crippen molar-refractivity contribution in [2.75, 3.05) is 6.54 Å². The van der Waals surface area contributed by atoms with E-state index in [2.05, 4.69) is 26.2 Å². The van der Waals surface area contributed by atoms with Gasteiger partial charge in [-0.25, -0.2) is 4.98 Å². The van der Waals surface area contributed by atoms with Gasteiger partial charge in [-0.2, -0.15) is 0 Å². The van der Waals surface area contributed by atoms with Crippen LogP contribution in [0.5, 0.6) is 0 Å². The van der Waals surface area contributed by atoms with Crippen molar-refractivity contribution in [1.82, 2.24) is 10.3 Å². The zero-order valence-corrected chi connectivity index (χ0v) is 12.4. The second-order valence-electron chi connectivity index (χ2n) is 3.95. The molecule has 2 rings (SSSR count). The molecular formula is C12H12BrN3O2S. The molecule has 7 heteroatoms. The van der Waals surface area contributed by atoms with Crippen molar-refractivity contribution in [1.29, 1.82) is 0 Å². The van der Waals surface area contributed by atoms with E-state index in [1.165, 1.54) is 0 Å². The van der Waals surface area contributed by atoms with Crippen molar-refractivity contribution in [2.45, 2.75) is 13.0 Å². The van der Waals surface area contributed by atoms with Crippen LogP contribution in [-0.2, 0) is 13.0 Å². The van der Waals surface area contributed by atoms with E-state index in [4.69, 9.17) is 0 Å². The van der Waals surface area contributed by atoms with E-state index < -0.39 is 0 Å². The molecule has 0 unspecified atom stereocenters. The molecule has 0 saturated heterocycles. The van der Waals surface area contributed by atoms with E-state index in [0.717, 1.165) is 24.2 Å². The average molecular weight is 342 g/mol. The van der Waals surface area contributed by atoms with Crippen molar-refractivity contribution >= 4 is 33.0 Å². The molecule has 100 valence electrons. The van der Waals surface area contributed by atoms with Crippen LogP contribution in [0, 0.1) is 10.1 Å². The first-order valence-electron chi connectivity index (χ1n) is 5.67. The Kier molecular flexibility index (Phi) is 5.00. The molecule has 5 nitrogen and oxygen atoms in total. The van der Waals surface area contributed by atoms with Crippen LogP contribution in [0.25, 0.3) is 0 Å². The third-order valence-corrected chi connectivity index (χ3v) is 3.88. The van der Waals surface area contributed by atoms with Gasteiger partial charge in [0, 0.05) is 31.0 Å². The van der Waals surface area contributed by atoms with Gasteiger partial charge in [0.05, 0.1) is 20.6 Å². The molecule has 1 aromatic carbocycles. The minimum Gasteiger partial charge on any atom is -0.312 e. The lowest BCUT2D eigenvalue weighted by molar-refractivity contribution is -0.385. The molecule has 2 aromatic rings. The first-order valence-corrected chi connectivity index (χ1v) is 7.41. The van der Waals surface area contributed by atoms with Gasteiger partial charge in [-0.3, -0.25) is 10.1 Å². The molecule has 0 aliphatic carbocycles. The number of rotatable bonds is 6. The predicted octanol–water partition coefficient (Wildman–Crippen LogP) is 3.15. The number of aromatic nitrogens is 1. The lowest BCUT2D eigenvalue weighted by Crippen LogP contribution is -2.16. The van der Waals surface area contributed by atoms with E-state index >= 15 is 0 Å². The van der Waals surface area contributed by atoms with Crippen molar-refractivity contribution < 1.29 is 4.92 Å². The largest absolute Gasteiger partial charge is 0.312 e. The Morgan fingerprint density at radius 2 is 2.32 bits per heavy atom. The van der Waals surface area contributed by atoms with Gasteiger partial charge >= 0.3 is 0 Å². The summed E-state index contributed by atoms with van der Waals surface area (Å²) in [5, 5.41) is 16.1. The van der Waals surface area contributed by atoms with E-state index in [0.29, 0.717) is 11.0 Å². The van der Waals surface area contributed by atoms with Gasteiger partial charge in [0.1, 0.15) is 0 Å². The van der Waals surface area contributed by atoms with Crippen LogP contribution in [0.15, 0.2) is 33.6 Å². The number of benzene rings is 1. The third kappa shape index (κ3) is 4.09. The van der Waals surface area contributed by atoms with Gasteiger partial charge in [0.2, 0.25) is 0 Å². The molecule has 0 fully saturated rings. The molecule has 1 aromatic heterocycles. The molecule has 0 bridgehead atoms. The molecule has 1 N–H and O–H groups in total. The maximum atomic E-state index is 10.8. The summed E-state index contributed by atoms with van der Waals surface area (Å²) in [6.45, 7) is 1.41. The van der Waals surface area contributed by atoms with Crippen molar-refractivity contribution in [3.63, 3.8) is 0 Å². The van der Waals surface area contributed by atoms with E-state index in [-0.39, 0.29) is 10.6 Å². The van der Waals surface area contributed by atoms with Crippen LogP contribution in [-0.4, -0.2) is 16.5 Å². The normalized spacial score (nSPS) is 10.6. The highest BCUT2D eigenvalue weighted by Gasteiger charge is 2.11. The summed E-state index contributed by atoms with van der Waals surface area (Å²) in [5.41, 5.74) is 3.87. The van der Waals surface area contributed by atoms with E-state index in [1.54, 1.807) is 23.5 Å². The number of thiazole rings is 1. The molecule has 0 spiro atoms. The van der Waals surface area contributed by atoms with Gasteiger partial charge < -0.3 is 5.32 Å². The van der Waals surface area contributed by atoms with Crippen molar-refractivity contribution in [3.8, 4) is 0 Å². The molecule has 0 aliphatic rings. The SMILES string of the molecule is O=[N+]([O-])c1cc(CNCCc2cscn2)ccc1Br. The summed E-state index contributed by atoms with van der Waals surface area (Å²) in [7, 11) is 0. The Hall–Kier alpha value is -1.31. The van der Waals surface area contributed by atoms with E-state index in [1.807, 2.05) is 17.0 Å². The molecule has 0 saturated carbocycles. The molecule has 1 heterocycles. The number of hydrogen-bond donors (Lipinski definition) is 1. The highest BCUT2D eigenvalue weighted by atomic mass is 79.9. The van der Waals surface area contributed by atoms with Crippen LogP contribution < -0.4 is 5.32 Å². The quantitative estimate of drug-likeness (QED) is 0.497. The lowest BCUT2D eigenvalue weighted by atomic mass is 10.2. The number of nitrogens with zero attached hydrogens (tertiary/aromatic N) is 2. The average Bonchev–Trinajstić information content (AvgIpc) is 2.89. The zero-order chi connectivity index (χ0) is 13.7. The Labute approximate surface area is 123 Å². The summed E-state index contributed by atoms with van der Waals surface area (Å²) in [6.07, 6.45) is 0.863. The molecular weight excluding hydrogens is 330 g/mol. The van der Waals surface area contributed by atoms with Crippen LogP contribution in [0.3, 0.4) is 0 Å². The fourth-order valence-corrected chi connectivity index (χ4v) is 2.60. The zero-order valence-electron chi connectivity index (χ0n) is 10.0. The highest BCUT2D eigenvalue weighted by molar-refractivity contribution is 9.10. The monoisotopic (exact) mass is 341 g/mol.